The van der Waals surface area contributed by atoms with Crippen molar-refractivity contribution in [2.24, 2.45) is 0 Å². The van der Waals surface area contributed by atoms with E-state index in [1.165, 1.54) is 55.9 Å². The molecule has 0 fully saturated rings. The molecule has 0 aliphatic rings. The molecular formula is C38H24Br2F6N4O6. The molecular weight excluding hydrogens is 882 g/mol. The van der Waals surface area contributed by atoms with Crippen molar-refractivity contribution in [1.82, 2.24) is 9.97 Å². The first-order valence-corrected chi connectivity index (χ1v) is 17.2. The smallest absolute Gasteiger partial charge is 0.497 e. The number of anilines is 4. The summed E-state index contributed by atoms with van der Waals surface area (Å²) >= 11 is 6.23. The Morgan fingerprint density at radius 3 is 1.64 bits per heavy atom. The summed E-state index contributed by atoms with van der Waals surface area (Å²) in [5.74, 6) is -5.14. The minimum absolute atomic E-state index is 0.0474. The Kier molecular flexibility index (Phi) is 12.9. The number of methoxy groups -OCH3 is 1. The molecule has 6 aromatic rings. The SMILES string of the molecule is COc1cccc(-c2cc(F)c(Nc3ncc(Br)cc3C(=O)O)c(F)c2)c1.O=C(O)c1cc(Br)cnc1Nc1ccc(-c2cccc(OC(F)(F)F)c2)cc1F. The fourth-order valence-corrected chi connectivity index (χ4v) is 5.64. The van der Waals surface area contributed by atoms with Gasteiger partial charge in [0.2, 0.25) is 0 Å². The monoisotopic (exact) mass is 904 g/mol. The molecule has 4 aromatic carbocycles. The molecule has 0 amide bonds. The molecule has 18 heteroatoms. The average Bonchev–Trinajstić information content (AvgIpc) is 3.14. The molecule has 0 saturated carbocycles. The summed E-state index contributed by atoms with van der Waals surface area (Å²) in [4.78, 5) is 30.5. The molecule has 2 aromatic heterocycles. The Bertz CT molecular complexity index is 2410. The Hall–Kier alpha value is -6.14. The van der Waals surface area contributed by atoms with E-state index in [4.69, 9.17) is 4.74 Å². The highest BCUT2D eigenvalue weighted by Gasteiger charge is 2.31. The molecule has 0 saturated heterocycles. The van der Waals surface area contributed by atoms with Gasteiger partial charge in [-0.2, -0.15) is 0 Å². The van der Waals surface area contributed by atoms with Crippen LogP contribution >= 0.6 is 31.9 Å². The molecule has 0 unspecified atom stereocenters. The van der Waals surface area contributed by atoms with E-state index in [2.05, 4.69) is 57.2 Å². The first-order valence-electron chi connectivity index (χ1n) is 15.6. The van der Waals surface area contributed by atoms with Crippen molar-refractivity contribution in [2.45, 2.75) is 6.36 Å². The van der Waals surface area contributed by atoms with Crippen molar-refractivity contribution in [3.05, 3.63) is 141 Å². The van der Waals surface area contributed by atoms with E-state index in [1.54, 1.807) is 24.3 Å². The van der Waals surface area contributed by atoms with Crippen molar-refractivity contribution in [2.75, 3.05) is 17.7 Å². The number of hydrogen-bond donors (Lipinski definition) is 4. The minimum atomic E-state index is -4.84. The third-order valence-corrected chi connectivity index (χ3v) is 8.35. The van der Waals surface area contributed by atoms with Gasteiger partial charge in [-0.05, 0) is 115 Å². The van der Waals surface area contributed by atoms with Crippen LogP contribution in [-0.2, 0) is 0 Å². The Labute approximate surface area is 330 Å². The van der Waals surface area contributed by atoms with Crippen LogP contribution in [0, 0.1) is 17.5 Å². The standard InChI is InChI=1S/C19H11BrF4N2O3.C19H13BrF2N2O3/c20-12-8-14(18(27)28)17(25-9-12)26-16-5-4-11(7-15(16)21)10-2-1-3-13(6-10)29-19(22,23)24;1-27-13-4-2-3-10(5-13)11-6-15(21)17(16(22)7-11)24-18-14(19(25)26)8-12(20)9-23-18/h1-9H,(H,25,26)(H,27,28);2-9H,1H3,(H,23,24)(H,25,26). The van der Waals surface area contributed by atoms with Crippen LogP contribution in [-0.4, -0.2) is 45.6 Å². The third-order valence-electron chi connectivity index (χ3n) is 7.48. The lowest BCUT2D eigenvalue weighted by Gasteiger charge is -2.12. The van der Waals surface area contributed by atoms with Crippen molar-refractivity contribution < 1.29 is 55.6 Å². The quantitative estimate of drug-likeness (QED) is 0.0981. The highest BCUT2D eigenvalue weighted by atomic mass is 79.9. The summed E-state index contributed by atoms with van der Waals surface area (Å²) < 4.78 is 90.6. The van der Waals surface area contributed by atoms with E-state index in [0.29, 0.717) is 36.9 Å². The fourth-order valence-electron chi connectivity index (χ4n) is 4.98. The number of carboxylic acid groups (broad SMARTS) is 2. The number of carbonyl (C=O) groups is 2. The molecule has 6 rings (SSSR count). The lowest BCUT2D eigenvalue weighted by Crippen LogP contribution is -2.17. The van der Waals surface area contributed by atoms with Gasteiger partial charge in [0.25, 0.3) is 0 Å². The van der Waals surface area contributed by atoms with Crippen molar-refractivity contribution in [1.29, 1.82) is 0 Å². The van der Waals surface area contributed by atoms with E-state index >= 15 is 0 Å². The molecule has 10 nitrogen and oxygen atoms in total. The number of nitrogens with zero attached hydrogens (tertiary/aromatic N) is 2. The average molecular weight is 906 g/mol. The van der Waals surface area contributed by atoms with Gasteiger partial charge >= 0.3 is 18.3 Å². The normalized spacial score (nSPS) is 10.9. The van der Waals surface area contributed by atoms with Gasteiger partial charge in [0.1, 0.15) is 57.4 Å². The van der Waals surface area contributed by atoms with Crippen LogP contribution in [0.25, 0.3) is 22.3 Å². The number of alkyl halides is 3. The van der Waals surface area contributed by atoms with E-state index in [9.17, 15) is 46.1 Å². The lowest BCUT2D eigenvalue weighted by molar-refractivity contribution is -0.274. The second-order valence-corrected chi connectivity index (χ2v) is 13.1. The number of benzene rings is 4. The van der Waals surface area contributed by atoms with E-state index in [0.717, 1.165) is 30.3 Å². The number of rotatable bonds is 10. The first kappa shape index (κ1) is 41.0. The Balaban J connectivity index is 0.000000215. The molecule has 0 bridgehead atoms. The summed E-state index contributed by atoms with van der Waals surface area (Å²) in [7, 11) is 1.50. The maximum atomic E-state index is 14.6. The lowest BCUT2D eigenvalue weighted by atomic mass is 10.0. The first-order chi connectivity index (χ1) is 26.5. The number of halogens is 8. The maximum Gasteiger partial charge on any atom is 0.573 e. The largest absolute Gasteiger partial charge is 0.573 e. The molecule has 0 radical (unpaired) electrons. The van der Waals surface area contributed by atoms with Crippen LogP contribution in [0.1, 0.15) is 20.7 Å². The Morgan fingerprint density at radius 1 is 0.643 bits per heavy atom. The number of carboxylic acids is 2. The zero-order valence-electron chi connectivity index (χ0n) is 28.3. The molecule has 0 aliphatic heterocycles. The molecule has 4 N–H and O–H groups in total. The van der Waals surface area contributed by atoms with Crippen molar-refractivity contribution in [3.63, 3.8) is 0 Å². The predicted octanol–water partition coefficient (Wildman–Crippen LogP) is 11.2. The van der Waals surface area contributed by atoms with Crippen LogP contribution in [0.15, 0.2) is 112 Å². The minimum Gasteiger partial charge on any atom is -0.497 e. The molecule has 0 atom stereocenters. The van der Waals surface area contributed by atoms with Gasteiger partial charge in [-0.3, -0.25) is 0 Å². The van der Waals surface area contributed by atoms with Crippen molar-refractivity contribution in [3.8, 4) is 33.8 Å². The summed E-state index contributed by atoms with van der Waals surface area (Å²) in [6.45, 7) is 0. The van der Waals surface area contributed by atoms with E-state index < -0.39 is 47.2 Å². The fraction of sp³-hybridized carbons (Fsp3) is 0.0526. The van der Waals surface area contributed by atoms with E-state index in [1.807, 2.05) is 0 Å². The van der Waals surface area contributed by atoms with Crippen LogP contribution in [0.2, 0.25) is 0 Å². The van der Waals surface area contributed by atoms with Gasteiger partial charge in [-0.1, -0.05) is 30.3 Å². The van der Waals surface area contributed by atoms with Gasteiger partial charge in [0.05, 0.1) is 12.8 Å². The van der Waals surface area contributed by atoms with Gasteiger partial charge in [0, 0.05) is 21.3 Å². The summed E-state index contributed by atoms with van der Waals surface area (Å²) in [6.07, 6.45) is -2.15. The molecule has 2 heterocycles. The zero-order valence-corrected chi connectivity index (χ0v) is 31.4. The highest BCUT2D eigenvalue weighted by Crippen LogP contribution is 2.33. The number of aromatic nitrogens is 2. The van der Waals surface area contributed by atoms with Gasteiger partial charge in [-0.15, -0.1) is 13.2 Å². The topological polar surface area (TPSA) is 143 Å². The zero-order chi connectivity index (χ0) is 40.7. The van der Waals surface area contributed by atoms with E-state index in [-0.39, 0.29) is 28.5 Å². The van der Waals surface area contributed by atoms with Crippen LogP contribution in [0.5, 0.6) is 11.5 Å². The van der Waals surface area contributed by atoms with Gasteiger partial charge in [-0.25, -0.2) is 32.7 Å². The number of ether oxygens (including phenoxy) is 2. The molecule has 56 heavy (non-hydrogen) atoms. The van der Waals surface area contributed by atoms with Gasteiger partial charge in [0.15, 0.2) is 0 Å². The summed E-state index contributed by atoms with van der Waals surface area (Å²) in [5, 5.41) is 23.5. The number of pyridine rings is 2. The van der Waals surface area contributed by atoms with Gasteiger partial charge < -0.3 is 30.3 Å². The van der Waals surface area contributed by atoms with Crippen LogP contribution < -0.4 is 20.1 Å². The highest BCUT2D eigenvalue weighted by molar-refractivity contribution is 9.10. The molecule has 0 spiro atoms. The van der Waals surface area contributed by atoms with Crippen LogP contribution in [0.4, 0.5) is 49.4 Å². The van der Waals surface area contributed by atoms with Crippen LogP contribution in [0.3, 0.4) is 0 Å². The Morgan fingerprint density at radius 2 is 1.12 bits per heavy atom. The predicted molar refractivity (Wildman–Crippen MR) is 201 cm³/mol. The third kappa shape index (κ3) is 10.5. The second-order valence-electron chi connectivity index (χ2n) is 11.3. The molecule has 288 valence electrons. The number of nitrogens with one attached hydrogen (secondary N) is 2. The summed E-state index contributed by atoms with van der Waals surface area (Å²) in [6, 6.07) is 20.7. The maximum absolute atomic E-state index is 14.6. The molecule has 0 aliphatic carbocycles. The number of aromatic carboxylic acids is 2. The summed E-state index contributed by atoms with van der Waals surface area (Å²) in [5.41, 5.74) is 0.587. The number of hydrogen-bond acceptors (Lipinski definition) is 8. The second kappa shape index (κ2) is 17.5. The van der Waals surface area contributed by atoms with Crippen molar-refractivity contribution >= 4 is 66.8 Å².